The highest BCUT2D eigenvalue weighted by Crippen LogP contribution is 2.16. The van der Waals surface area contributed by atoms with E-state index in [1.165, 1.54) is 0 Å². The summed E-state index contributed by atoms with van der Waals surface area (Å²) in [5, 5.41) is 3.40. The zero-order valence-electron chi connectivity index (χ0n) is 10.9. The number of rotatable bonds is 6. The Morgan fingerprint density at radius 2 is 1.94 bits per heavy atom. The maximum absolute atomic E-state index is 5.56. The standard InChI is InChI=1S/C12H25NO3/c1-10(2)14-7-5-6-13-11-8-15-12(3,4)16-9-11/h10-11,13H,5-9H2,1-4H3. The van der Waals surface area contributed by atoms with Crippen LogP contribution in [0.5, 0.6) is 0 Å². The van der Waals surface area contributed by atoms with E-state index in [9.17, 15) is 0 Å². The minimum atomic E-state index is -0.418. The first-order valence-electron chi connectivity index (χ1n) is 6.12. The van der Waals surface area contributed by atoms with Gasteiger partial charge in [-0.15, -0.1) is 0 Å². The Hall–Kier alpha value is -0.160. The second kappa shape index (κ2) is 6.55. The monoisotopic (exact) mass is 231 g/mol. The van der Waals surface area contributed by atoms with Crippen molar-refractivity contribution < 1.29 is 14.2 Å². The van der Waals surface area contributed by atoms with Crippen molar-refractivity contribution in [2.45, 2.75) is 52.0 Å². The zero-order chi connectivity index (χ0) is 12.0. The molecule has 4 nitrogen and oxygen atoms in total. The van der Waals surface area contributed by atoms with Crippen LogP contribution >= 0.6 is 0 Å². The number of hydrogen-bond donors (Lipinski definition) is 1. The van der Waals surface area contributed by atoms with Crippen molar-refractivity contribution in [2.24, 2.45) is 0 Å². The molecule has 16 heavy (non-hydrogen) atoms. The van der Waals surface area contributed by atoms with Gasteiger partial charge in [0.1, 0.15) is 0 Å². The molecule has 0 aliphatic carbocycles. The summed E-state index contributed by atoms with van der Waals surface area (Å²) in [5.41, 5.74) is 0. The molecule has 0 radical (unpaired) electrons. The molecular formula is C12H25NO3. The molecule has 1 fully saturated rings. The van der Waals surface area contributed by atoms with Gasteiger partial charge < -0.3 is 19.5 Å². The Morgan fingerprint density at radius 3 is 2.50 bits per heavy atom. The van der Waals surface area contributed by atoms with Crippen LogP contribution in [0.2, 0.25) is 0 Å². The largest absolute Gasteiger partial charge is 0.379 e. The lowest BCUT2D eigenvalue weighted by Crippen LogP contribution is -2.48. The van der Waals surface area contributed by atoms with Crippen LogP contribution in [0, 0.1) is 0 Å². The van der Waals surface area contributed by atoms with E-state index in [1.807, 2.05) is 13.8 Å². The average molecular weight is 231 g/mol. The van der Waals surface area contributed by atoms with Crippen LogP contribution in [-0.2, 0) is 14.2 Å². The first-order valence-corrected chi connectivity index (χ1v) is 6.12. The van der Waals surface area contributed by atoms with Gasteiger partial charge in [-0.1, -0.05) is 0 Å². The molecule has 0 unspecified atom stereocenters. The summed E-state index contributed by atoms with van der Waals surface area (Å²) in [6.07, 6.45) is 1.35. The van der Waals surface area contributed by atoms with Crippen LogP contribution in [0.4, 0.5) is 0 Å². The molecule has 96 valence electrons. The third-order valence-corrected chi connectivity index (χ3v) is 2.47. The lowest BCUT2D eigenvalue weighted by atomic mass is 10.2. The van der Waals surface area contributed by atoms with Gasteiger partial charge in [0.05, 0.1) is 25.4 Å². The lowest BCUT2D eigenvalue weighted by Gasteiger charge is -2.35. The second-order valence-corrected chi connectivity index (χ2v) is 4.95. The van der Waals surface area contributed by atoms with Crippen molar-refractivity contribution >= 4 is 0 Å². The fourth-order valence-electron chi connectivity index (χ4n) is 1.51. The molecule has 0 bridgehead atoms. The molecular weight excluding hydrogens is 206 g/mol. The fourth-order valence-corrected chi connectivity index (χ4v) is 1.51. The maximum atomic E-state index is 5.56. The highest BCUT2D eigenvalue weighted by atomic mass is 16.7. The van der Waals surface area contributed by atoms with Crippen LogP contribution < -0.4 is 5.32 Å². The van der Waals surface area contributed by atoms with Crippen molar-refractivity contribution in [3.05, 3.63) is 0 Å². The summed E-state index contributed by atoms with van der Waals surface area (Å²) in [7, 11) is 0. The summed E-state index contributed by atoms with van der Waals surface area (Å²) in [4.78, 5) is 0. The SMILES string of the molecule is CC(C)OCCCNC1COC(C)(C)OC1. The van der Waals surface area contributed by atoms with Crippen molar-refractivity contribution in [2.75, 3.05) is 26.4 Å². The highest BCUT2D eigenvalue weighted by Gasteiger charge is 2.27. The Kier molecular flexibility index (Phi) is 5.69. The lowest BCUT2D eigenvalue weighted by molar-refractivity contribution is -0.252. The molecule has 1 saturated heterocycles. The summed E-state index contributed by atoms with van der Waals surface area (Å²) < 4.78 is 16.6. The predicted molar refractivity (Wildman–Crippen MR) is 63.5 cm³/mol. The molecule has 0 saturated carbocycles. The van der Waals surface area contributed by atoms with E-state index in [-0.39, 0.29) is 0 Å². The van der Waals surface area contributed by atoms with Crippen molar-refractivity contribution in [1.82, 2.24) is 5.32 Å². The molecule has 0 aromatic heterocycles. The molecule has 0 atom stereocenters. The van der Waals surface area contributed by atoms with Gasteiger partial charge in [-0.2, -0.15) is 0 Å². The molecule has 4 heteroatoms. The summed E-state index contributed by atoms with van der Waals surface area (Å²) in [6, 6.07) is 0.312. The maximum Gasteiger partial charge on any atom is 0.162 e. The molecule has 1 aliphatic heterocycles. The molecule has 0 aromatic rings. The molecule has 0 amide bonds. The van der Waals surface area contributed by atoms with Gasteiger partial charge in [-0.05, 0) is 40.7 Å². The third-order valence-electron chi connectivity index (χ3n) is 2.47. The van der Waals surface area contributed by atoms with Gasteiger partial charge in [-0.25, -0.2) is 0 Å². The Morgan fingerprint density at radius 1 is 1.31 bits per heavy atom. The van der Waals surface area contributed by atoms with Crippen LogP contribution in [0.3, 0.4) is 0 Å². The summed E-state index contributed by atoms with van der Waals surface area (Å²) in [5.74, 6) is -0.418. The first-order chi connectivity index (χ1) is 7.49. The van der Waals surface area contributed by atoms with Crippen molar-refractivity contribution in [1.29, 1.82) is 0 Å². The van der Waals surface area contributed by atoms with Gasteiger partial charge in [0.2, 0.25) is 0 Å². The van der Waals surface area contributed by atoms with Crippen LogP contribution in [0.1, 0.15) is 34.1 Å². The van der Waals surface area contributed by atoms with Gasteiger partial charge in [0.25, 0.3) is 0 Å². The summed E-state index contributed by atoms with van der Waals surface area (Å²) in [6.45, 7) is 11.2. The van der Waals surface area contributed by atoms with E-state index < -0.39 is 5.79 Å². The van der Waals surface area contributed by atoms with E-state index in [2.05, 4.69) is 19.2 Å². The topological polar surface area (TPSA) is 39.7 Å². The zero-order valence-corrected chi connectivity index (χ0v) is 10.9. The summed E-state index contributed by atoms with van der Waals surface area (Å²) >= 11 is 0. The third kappa shape index (κ3) is 5.80. The normalized spacial score (nSPS) is 21.6. The van der Waals surface area contributed by atoms with E-state index in [1.54, 1.807) is 0 Å². The van der Waals surface area contributed by atoms with Crippen molar-refractivity contribution in [3.63, 3.8) is 0 Å². The van der Waals surface area contributed by atoms with Crippen LogP contribution in [-0.4, -0.2) is 44.3 Å². The number of nitrogens with one attached hydrogen (secondary N) is 1. The molecule has 1 N–H and O–H groups in total. The fraction of sp³-hybridized carbons (Fsp3) is 1.00. The Bertz CT molecular complexity index is 185. The minimum absolute atomic E-state index is 0.312. The molecule has 0 aromatic carbocycles. The predicted octanol–water partition coefficient (Wildman–Crippen LogP) is 1.54. The average Bonchev–Trinajstić information content (AvgIpc) is 2.19. The first kappa shape index (κ1) is 13.9. The van der Waals surface area contributed by atoms with Gasteiger partial charge in [-0.3, -0.25) is 0 Å². The molecule has 1 rings (SSSR count). The smallest absolute Gasteiger partial charge is 0.162 e. The van der Waals surface area contributed by atoms with E-state index in [4.69, 9.17) is 14.2 Å². The van der Waals surface area contributed by atoms with E-state index in [0.717, 1.165) is 32.8 Å². The van der Waals surface area contributed by atoms with E-state index >= 15 is 0 Å². The van der Waals surface area contributed by atoms with Crippen LogP contribution in [0.25, 0.3) is 0 Å². The Labute approximate surface area is 98.6 Å². The van der Waals surface area contributed by atoms with Crippen LogP contribution in [0.15, 0.2) is 0 Å². The second-order valence-electron chi connectivity index (χ2n) is 4.95. The highest BCUT2D eigenvalue weighted by molar-refractivity contribution is 4.72. The quantitative estimate of drug-likeness (QED) is 0.704. The van der Waals surface area contributed by atoms with Gasteiger partial charge in [0, 0.05) is 6.61 Å². The van der Waals surface area contributed by atoms with E-state index in [0.29, 0.717) is 12.1 Å². The Balaban J connectivity index is 1.98. The molecule has 1 heterocycles. The molecule has 0 spiro atoms. The van der Waals surface area contributed by atoms with Gasteiger partial charge in [0.15, 0.2) is 5.79 Å². The van der Waals surface area contributed by atoms with Gasteiger partial charge >= 0.3 is 0 Å². The minimum Gasteiger partial charge on any atom is -0.379 e. The van der Waals surface area contributed by atoms with Crippen molar-refractivity contribution in [3.8, 4) is 0 Å². The number of hydrogen-bond acceptors (Lipinski definition) is 4. The number of ether oxygens (including phenoxy) is 3. The molecule has 1 aliphatic rings.